The van der Waals surface area contributed by atoms with Gasteiger partial charge in [-0.15, -0.1) is 0 Å². The number of ether oxygens (including phenoxy) is 1. The van der Waals surface area contributed by atoms with E-state index in [1.165, 1.54) is 29.2 Å². The molecule has 1 aliphatic rings. The molecular weight excluding hydrogens is 436 g/mol. The van der Waals surface area contributed by atoms with Crippen molar-refractivity contribution in [3.8, 4) is 34.3 Å². The van der Waals surface area contributed by atoms with Crippen LogP contribution >= 0.6 is 0 Å². The lowest BCUT2D eigenvalue weighted by Crippen LogP contribution is -2.53. The maximum atomic E-state index is 12.4. The summed E-state index contributed by atoms with van der Waals surface area (Å²) < 4.78 is 10.8. The Morgan fingerprint density at radius 1 is 1.12 bits per heavy atom. The van der Waals surface area contributed by atoms with Crippen LogP contribution in [0.4, 0.5) is 0 Å². The molecule has 2 atom stereocenters. The molecule has 11 heteroatoms. The van der Waals surface area contributed by atoms with Gasteiger partial charge in [0.2, 0.25) is 5.75 Å². The maximum absolute atomic E-state index is 12.4. The number of carboxylic acids is 1. The molecule has 0 saturated carbocycles. The van der Waals surface area contributed by atoms with Gasteiger partial charge in [0.15, 0.2) is 23.1 Å². The van der Waals surface area contributed by atoms with Gasteiger partial charge in [0, 0.05) is 24.2 Å². The number of nitrogens with two attached hydrogens (primary N) is 1. The van der Waals surface area contributed by atoms with E-state index >= 15 is 0 Å². The number of carboxylic acid groups (broad SMARTS) is 1. The summed E-state index contributed by atoms with van der Waals surface area (Å²) in [5.41, 5.74) is 5.56. The van der Waals surface area contributed by atoms with Crippen molar-refractivity contribution in [2.24, 2.45) is 5.73 Å². The second-order valence-electron chi connectivity index (χ2n) is 7.57. The summed E-state index contributed by atoms with van der Waals surface area (Å²) >= 11 is 0. The minimum atomic E-state index is -1.23. The third-order valence-electron chi connectivity index (χ3n) is 5.48. The molecule has 2 aromatic carbocycles. The van der Waals surface area contributed by atoms with Crippen LogP contribution < -0.4 is 15.9 Å². The van der Waals surface area contributed by atoms with Crippen molar-refractivity contribution in [1.29, 1.82) is 0 Å². The van der Waals surface area contributed by atoms with Crippen molar-refractivity contribution >= 4 is 22.9 Å². The summed E-state index contributed by atoms with van der Waals surface area (Å²) in [7, 11) is 0. The van der Waals surface area contributed by atoms with Crippen LogP contribution in [0.15, 0.2) is 45.6 Å². The topological polar surface area (TPSA) is 184 Å². The SMILES string of the molecule is N[C@H](C(=O)Oc1ccc(-c2cc(=O)c3c(O)c(O)c(O)cc3o2)cc1)N1CCC[C@@H]1C(=O)O. The van der Waals surface area contributed by atoms with Gasteiger partial charge in [0.05, 0.1) is 0 Å². The molecule has 33 heavy (non-hydrogen) atoms. The molecule has 0 aliphatic carbocycles. The summed E-state index contributed by atoms with van der Waals surface area (Å²) in [6.07, 6.45) is -0.223. The largest absolute Gasteiger partial charge is 0.504 e. The zero-order valence-corrected chi connectivity index (χ0v) is 17.1. The number of rotatable bonds is 5. The summed E-state index contributed by atoms with van der Waals surface area (Å²) in [4.78, 5) is 37.5. The molecule has 0 radical (unpaired) electrons. The number of fused-ring (bicyclic) bond motifs is 1. The van der Waals surface area contributed by atoms with Crippen LogP contribution in [0.2, 0.25) is 0 Å². The Labute approximate surface area is 185 Å². The molecule has 2 heterocycles. The molecule has 0 unspecified atom stereocenters. The highest BCUT2D eigenvalue weighted by Gasteiger charge is 2.37. The molecule has 0 bridgehead atoms. The van der Waals surface area contributed by atoms with E-state index in [2.05, 4.69) is 0 Å². The first-order chi connectivity index (χ1) is 15.7. The number of carbonyl (C=O) groups is 2. The van der Waals surface area contributed by atoms with Crippen LogP contribution in [0, 0.1) is 0 Å². The van der Waals surface area contributed by atoms with E-state index in [9.17, 15) is 34.8 Å². The first kappa shape index (κ1) is 22.1. The zero-order valence-electron chi connectivity index (χ0n) is 17.1. The Kier molecular flexibility index (Phi) is 5.66. The number of hydrogen-bond acceptors (Lipinski definition) is 10. The maximum Gasteiger partial charge on any atom is 0.343 e. The fourth-order valence-corrected chi connectivity index (χ4v) is 3.81. The van der Waals surface area contributed by atoms with Gasteiger partial charge in [-0.2, -0.15) is 0 Å². The number of likely N-dealkylation sites (tertiary alicyclic amines) is 1. The molecule has 3 aromatic rings. The van der Waals surface area contributed by atoms with Crippen molar-refractivity contribution in [2.45, 2.75) is 25.0 Å². The zero-order chi connectivity index (χ0) is 23.9. The highest BCUT2D eigenvalue weighted by Crippen LogP contribution is 2.40. The van der Waals surface area contributed by atoms with Gasteiger partial charge in [-0.3, -0.25) is 14.5 Å². The van der Waals surface area contributed by atoms with Gasteiger partial charge in [0.1, 0.15) is 28.5 Å². The Morgan fingerprint density at radius 2 is 1.82 bits per heavy atom. The number of phenols is 3. The molecule has 6 N–H and O–H groups in total. The predicted octanol–water partition coefficient (Wildman–Crippen LogP) is 1.32. The molecular formula is C22H20N2O9. The van der Waals surface area contributed by atoms with E-state index in [1.54, 1.807) is 0 Å². The Bertz CT molecular complexity index is 1300. The lowest BCUT2D eigenvalue weighted by Gasteiger charge is -2.26. The number of aromatic hydroxyl groups is 3. The van der Waals surface area contributed by atoms with Crippen LogP contribution in [0.3, 0.4) is 0 Å². The summed E-state index contributed by atoms with van der Waals surface area (Å²) in [5.74, 6) is -3.86. The highest BCUT2D eigenvalue weighted by atomic mass is 16.5. The number of nitrogens with zero attached hydrogens (tertiary/aromatic N) is 1. The van der Waals surface area contributed by atoms with Gasteiger partial charge >= 0.3 is 11.9 Å². The van der Waals surface area contributed by atoms with E-state index < -0.39 is 46.8 Å². The van der Waals surface area contributed by atoms with Crippen LogP contribution in [0.1, 0.15) is 12.8 Å². The van der Waals surface area contributed by atoms with E-state index in [1.807, 2.05) is 0 Å². The molecule has 172 valence electrons. The van der Waals surface area contributed by atoms with E-state index in [-0.39, 0.29) is 22.5 Å². The first-order valence-corrected chi connectivity index (χ1v) is 9.95. The fraction of sp³-hybridized carbons (Fsp3) is 0.227. The second kappa shape index (κ2) is 8.45. The average molecular weight is 456 g/mol. The first-order valence-electron chi connectivity index (χ1n) is 9.95. The third-order valence-corrected chi connectivity index (χ3v) is 5.48. The Hall–Kier alpha value is -4.09. The van der Waals surface area contributed by atoms with Crippen LogP contribution in [0.25, 0.3) is 22.3 Å². The molecule has 0 spiro atoms. The average Bonchev–Trinajstić information content (AvgIpc) is 3.27. The van der Waals surface area contributed by atoms with Crippen molar-refractivity contribution < 1.29 is 39.2 Å². The second-order valence-corrected chi connectivity index (χ2v) is 7.57. The van der Waals surface area contributed by atoms with Crippen LogP contribution in [-0.4, -0.2) is 56.0 Å². The monoisotopic (exact) mass is 456 g/mol. The minimum absolute atomic E-state index is 0.105. The standard InChI is InChI=1S/C22H20N2O9/c23-20(24-7-1-2-12(24)21(29)30)22(31)32-11-5-3-10(4-6-11)15-8-13(25)17-16(33-15)9-14(26)18(27)19(17)28/h3-6,8-9,12,20,26-28H,1-2,7,23H2,(H,29,30)/t12-,20+/m1/s1. The van der Waals surface area contributed by atoms with Gasteiger partial charge in [0.25, 0.3) is 0 Å². The number of aliphatic carboxylic acids is 1. The van der Waals surface area contributed by atoms with E-state index in [4.69, 9.17) is 14.9 Å². The Morgan fingerprint density at radius 3 is 2.48 bits per heavy atom. The van der Waals surface area contributed by atoms with Gasteiger partial charge in [-0.05, 0) is 37.1 Å². The van der Waals surface area contributed by atoms with Gasteiger partial charge in [-0.1, -0.05) is 0 Å². The molecule has 11 nitrogen and oxygen atoms in total. The molecule has 4 rings (SSSR count). The van der Waals surface area contributed by atoms with Crippen LogP contribution in [0.5, 0.6) is 23.0 Å². The fourth-order valence-electron chi connectivity index (χ4n) is 3.81. The molecule has 1 aromatic heterocycles. The van der Waals surface area contributed by atoms with E-state index in [0.717, 1.165) is 12.1 Å². The molecule has 1 fully saturated rings. The molecule has 0 amide bonds. The van der Waals surface area contributed by atoms with Gasteiger partial charge < -0.3 is 35.3 Å². The van der Waals surface area contributed by atoms with Crippen molar-refractivity contribution in [1.82, 2.24) is 4.90 Å². The molecule has 1 saturated heterocycles. The van der Waals surface area contributed by atoms with Crippen molar-refractivity contribution in [3.05, 3.63) is 46.6 Å². The van der Waals surface area contributed by atoms with E-state index in [0.29, 0.717) is 24.9 Å². The number of phenolic OH excluding ortho intramolecular Hbond substituents is 3. The molecule has 1 aliphatic heterocycles. The number of benzene rings is 2. The quantitative estimate of drug-likeness (QED) is 0.212. The lowest BCUT2D eigenvalue weighted by molar-refractivity contribution is -0.147. The summed E-state index contributed by atoms with van der Waals surface area (Å²) in [6.45, 7) is 0.371. The van der Waals surface area contributed by atoms with Crippen molar-refractivity contribution in [3.63, 3.8) is 0 Å². The van der Waals surface area contributed by atoms with Gasteiger partial charge in [-0.25, -0.2) is 4.79 Å². The normalized spacial score (nSPS) is 17.2. The third kappa shape index (κ3) is 4.06. The number of hydrogen-bond donors (Lipinski definition) is 5. The number of esters is 1. The minimum Gasteiger partial charge on any atom is -0.504 e. The summed E-state index contributed by atoms with van der Waals surface area (Å²) in [5, 5.41) is 38.2. The Balaban J connectivity index is 1.54. The number of carbonyl (C=O) groups excluding carboxylic acids is 1. The lowest BCUT2D eigenvalue weighted by atomic mass is 10.1. The van der Waals surface area contributed by atoms with Crippen LogP contribution in [-0.2, 0) is 9.59 Å². The van der Waals surface area contributed by atoms with Crippen molar-refractivity contribution in [2.75, 3.05) is 6.54 Å². The predicted molar refractivity (Wildman–Crippen MR) is 114 cm³/mol. The smallest absolute Gasteiger partial charge is 0.343 e. The highest BCUT2D eigenvalue weighted by molar-refractivity contribution is 5.89. The summed E-state index contributed by atoms with van der Waals surface area (Å²) in [6, 6.07) is 7.17.